The van der Waals surface area contributed by atoms with E-state index in [-0.39, 0.29) is 22.6 Å². The lowest BCUT2D eigenvalue weighted by atomic mass is 9.78. The Morgan fingerprint density at radius 2 is 2.32 bits per heavy atom. The minimum atomic E-state index is -0.709. The van der Waals surface area contributed by atoms with Gasteiger partial charge in [0.1, 0.15) is 5.60 Å². The van der Waals surface area contributed by atoms with E-state index < -0.39 is 11.6 Å². The van der Waals surface area contributed by atoms with E-state index in [2.05, 4.69) is 10.2 Å². The van der Waals surface area contributed by atoms with E-state index in [4.69, 9.17) is 16.3 Å². The van der Waals surface area contributed by atoms with Gasteiger partial charge in [-0.15, -0.1) is 0 Å². The molecule has 1 saturated carbocycles. The number of hydrogen-bond acceptors (Lipinski definition) is 4. The van der Waals surface area contributed by atoms with Gasteiger partial charge in [-0.3, -0.25) is 9.69 Å². The fourth-order valence-corrected chi connectivity index (χ4v) is 4.24. The highest BCUT2D eigenvalue weighted by atomic mass is 35.5. The van der Waals surface area contributed by atoms with Crippen LogP contribution in [0.2, 0.25) is 5.02 Å². The van der Waals surface area contributed by atoms with Gasteiger partial charge in [-0.05, 0) is 30.5 Å². The number of phenols is 1. The zero-order chi connectivity index (χ0) is 18.0. The van der Waals surface area contributed by atoms with E-state index in [0.717, 1.165) is 32.2 Å². The number of hydrogen-bond donors (Lipinski definition) is 2. The zero-order valence-electron chi connectivity index (χ0n) is 14.4. The van der Waals surface area contributed by atoms with Crippen molar-refractivity contribution >= 4 is 17.5 Å². The van der Waals surface area contributed by atoms with Crippen LogP contribution in [-0.2, 0) is 16.1 Å². The number of morpholine rings is 1. The van der Waals surface area contributed by atoms with Crippen LogP contribution in [0, 0.1) is 5.82 Å². The van der Waals surface area contributed by atoms with Gasteiger partial charge < -0.3 is 15.2 Å². The number of amides is 1. The standard InChI is InChI=1S/C18H24ClFN2O3/c1-12(23)21-16-4-2-3-5-18(16)11-22(6-7-25-18)10-13-8-14(19)17(24)15(20)9-13/h8-9,16,24H,2-7,10-11H2,1H3,(H,21,23)/t16-,18-/m0/s1. The lowest BCUT2D eigenvalue weighted by molar-refractivity contribution is -0.150. The first-order valence-electron chi connectivity index (χ1n) is 8.70. The minimum absolute atomic E-state index is 0.00157. The molecule has 0 radical (unpaired) electrons. The SMILES string of the molecule is CC(=O)N[C@H]1CCCC[C@]12CN(Cc1cc(F)c(O)c(Cl)c1)CCO2. The van der Waals surface area contributed by atoms with Crippen LogP contribution < -0.4 is 5.32 Å². The fourth-order valence-electron chi connectivity index (χ4n) is 4.00. The summed E-state index contributed by atoms with van der Waals surface area (Å²) in [6.07, 6.45) is 3.96. The molecule has 2 aliphatic rings. The Kier molecular flexibility index (Phi) is 5.51. The van der Waals surface area contributed by atoms with Gasteiger partial charge in [0, 0.05) is 26.6 Å². The average molecular weight is 371 g/mol. The zero-order valence-corrected chi connectivity index (χ0v) is 15.1. The summed E-state index contributed by atoms with van der Waals surface area (Å²) in [7, 11) is 0. The van der Waals surface area contributed by atoms with Gasteiger partial charge in [0.05, 0.1) is 17.7 Å². The molecule has 1 aliphatic heterocycles. The van der Waals surface area contributed by atoms with Gasteiger partial charge in [0.25, 0.3) is 0 Å². The van der Waals surface area contributed by atoms with Gasteiger partial charge in [-0.2, -0.15) is 0 Å². The largest absolute Gasteiger partial charge is 0.504 e. The predicted molar refractivity (Wildman–Crippen MR) is 93.1 cm³/mol. The van der Waals surface area contributed by atoms with Crippen LogP contribution in [0.25, 0.3) is 0 Å². The molecule has 2 fully saturated rings. The first-order chi connectivity index (χ1) is 11.9. The third kappa shape index (κ3) is 4.07. The summed E-state index contributed by atoms with van der Waals surface area (Å²) in [5.74, 6) is -1.26. The van der Waals surface area contributed by atoms with Crippen molar-refractivity contribution in [1.82, 2.24) is 10.2 Å². The molecule has 1 heterocycles. The average Bonchev–Trinajstić information content (AvgIpc) is 2.55. The Morgan fingerprint density at radius 1 is 1.52 bits per heavy atom. The molecule has 0 unspecified atom stereocenters. The van der Waals surface area contributed by atoms with Crippen molar-refractivity contribution in [3.63, 3.8) is 0 Å². The second-order valence-corrected chi connectivity index (χ2v) is 7.44. The summed E-state index contributed by atoms with van der Waals surface area (Å²) in [6.45, 7) is 4.04. The molecule has 2 atom stereocenters. The lowest BCUT2D eigenvalue weighted by Crippen LogP contribution is -2.63. The van der Waals surface area contributed by atoms with E-state index in [1.807, 2.05) is 0 Å². The van der Waals surface area contributed by atoms with E-state index in [1.165, 1.54) is 13.0 Å². The van der Waals surface area contributed by atoms with Crippen molar-refractivity contribution in [3.05, 3.63) is 28.5 Å². The third-order valence-electron chi connectivity index (χ3n) is 5.13. The molecular weight excluding hydrogens is 347 g/mol. The van der Waals surface area contributed by atoms with Crippen molar-refractivity contribution in [3.8, 4) is 5.75 Å². The molecule has 1 saturated heterocycles. The molecule has 138 valence electrons. The molecular formula is C18H24ClFN2O3. The second-order valence-electron chi connectivity index (χ2n) is 7.03. The summed E-state index contributed by atoms with van der Waals surface area (Å²) in [5.41, 5.74) is 0.325. The number of ether oxygens (including phenoxy) is 1. The summed E-state index contributed by atoms with van der Waals surface area (Å²) < 4.78 is 19.9. The van der Waals surface area contributed by atoms with Crippen molar-refractivity contribution in [1.29, 1.82) is 0 Å². The summed E-state index contributed by atoms with van der Waals surface area (Å²) in [5, 5.41) is 12.5. The van der Waals surface area contributed by atoms with Crippen LogP contribution in [0.5, 0.6) is 5.75 Å². The quantitative estimate of drug-likeness (QED) is 0.858. The van der Waals surface area contributed by atoms with Crippen molar-refractivity contribution in [2.24, 2.45) is 0 Å². The molecule has 1 aromatic carbocycles. The van der Waals surface area contributed by atoms with E-state index in [9.17, 15) is 14.3 Å². The van der Waals surface area contributed by atoms with Gasteiger partial charge in [-0.1, -0.05) is 24.4 Å². The fraction of sp³-hybridized carbons (Fsp3) is 0.611. The van der Waals surface area contributed by atoms with Gasteiger partial charge in [0.15, 0.2) is 11.6 Å². The maximum atomic E-state index is 13.7. The number of aromatic hydroxyl groups is 1. The number of halogens is 2. The Bertz CT molecular complexity index is 630. The number of rotatable bonds is 3. The topological polar surface area (TPSA) is 61.8 Å². The number of nitrogens with zero attached hydrogens (tertiary/aromatic N) is 1. The van der Waals surface area contributed by atoms with E-state index in [0.29, 0.717) is 25.3 Å². The van der Waals surface area contributed by atoms with Crippen LogP contribution in [0.4, 0.5) is 4.39 Å². The lowest BCUT2D eigenvalue weighted by Gasteiger charge is -2.49. The van der Waals surface area contributed by atoms with Crippen LogP contribution in [-0.4, -0.2) is 47.3 Å². The highest BCUT2D eigenvalue weighted by molar-refractivity contribution is 6.32. The van der Waals surface area contributed by atoms with Crippen molar-refractivity contribution in [2.45, 2.75) is 50.8 Å². The van der Waals surface area contributed by atoms with Crippen LogP contribution in [0.1, 0.15) is 38.2 Å². The molecule has 25 heavy (non-hydrogen) atoms. The molecule has 1 aliphatic carbocycles. The minimum Gasteiger partial charge on any atom is -0.504 e. The molecule has 7 heteroatoms. The highest BCUT2D eigenvalue weighted by Crippen LogP contribution is 2.36. The molecule has 5 nitrogen and oxygen atoms in total. The first-order valence-corrected chi connectivity index (χ1v) is 9.08. The number of phenolic OH excluding ortho intramolecular Hbond substituents is 1. The second kappa shape index (κ2) is 7.48. The molecule has 1 aromatic rings. The third-order valence-corrected chi connectivity index (χ3v) is 5.41. The molecule has 2 N–H and O–H groups in total. The molecule has 1 spiro atoms. The number of carbonyl (C=O) groups is 1. The maximum absolute atomic E-state index is 13.7. The van der Waals surface area contributed by atoms with Crippen molar-refractivity contribution in [2.75, 3.05) is 19.7 Å². The molecule has 0 aromatic heterocycles. The van der Waals surface area contributed by atoms with E-state index in [1.54, 1.807) is 6.07 Å². The van der Waals surface area contributed by atoms with Crippen LogP contribution in [0.15, 0.2) is 12.1 Å². The predicted octanol–water partition coefficient (Wildman–Crippen LogP) is 2.83. The normalized spacial score (nSPS) is 27.4. The molecule has 1 amide bonds. The maximum Gasteiger partial charge on any atom is 0.217 e. The van der Waals surface area contributed by atoms with Gasteiger partial charge >= 0.3 is 0 Å². The Hall–Kier alpha value is -1.37. The highest BCUT2D eigenvalue weighted by Gasteiger charge is 2.45. The summed E-state index contributed by atoms with van der Waals surface area (Å²) >= 11 is 5.88. The molecule has 3 rings (SSSR count). The number of carbonyl (C=O) groups excluding carboxylic acids is 1. The van der Waals surface area contributed by atoms with Crippen LogP contribution >= 0.6 is 11.6 Å². The Labute approximate surface area is 152 Å². The summed E-state index contributed by atoms with van der Waals surface area (Å²) in [4.78, 5) is 13.8. The molecule has 0 bridgehead atoms. The Morgan fingerprint density at radius 3 is 3.04 bits per heavy atom. The van der Waals surface area contributed by atoms with Crippen LogP contribution in [0.3, 0.4) is 0 Å². The first kappa shape index (κ1) is 18.4. The number of nitrogens with one attached hydrogen (secondary N) is 1. The monoisotopic (exact) mass is 370 g/mol. The van der Waals surface area contributed by atoms with Gasteiger partial charge in [0.2, 0.25) is 5.91 Å². The summed E-state index contributed by atoms with van der Waals surface area (Å²) in [6, 6.07) is 2.91. The Balaban J connectivity index is 1.75. The van der Waals surface area contributed by atoms with Crippen molar-refractivity contribution < 1.29 is 19.0 Å². The van der Waals surface area contributed by atoms with Gasteiger partial charge in [-0.25, -0.2) is 4.39 Å². The number of benzene rings is 1. The van der Waals surface area contributed by atoms with E-state index >= 15 is 0 Å². The smallest absolute Gasteiger partial charge is 0.217 e.